The zero-order chi connectivity index (χ0) is 16.3. The molecule has 4 nitrogen and oxygen atoms in total. The molecule has 0 aliphatic rings. The second-order valence-electron chi connectivity index (χ2n) is 5.17. The fourth-order valence-corrected chi connectivity index (χ4v) is 3.94. The Balaban J connectivity index is 1.77. The van der Waals surface area contributed by atoms with Gasteiger partial charge < -0.3 is 4.52 Å². The summed E-state index contributed by atoms with van der Waals surface area (Å²) in [6.07, 6.45) is 0. The van der Waals surface area contributed by atoms with Gasteiger partial charge in [0.25, 0.3) is 0 Å². The molecule has 3 rings (SSSR count). The van der Waals surface area contributed by atoms with Crippen LogP contribution in [0, 0.1) is 0 Å². The lowest BCUT2D eigenvalue weighted by Crippen LogP contribution is -2.08. The summed E-state index contributed by atoms with van der Waals surface area (Å²) in [5.41, 5.74) is 1.83. The van der Waals surface area contributed by atoms with Crippen LogP contribution in [0.4, 0.5) is 0 Å². The molecular formula is C17H14ClNO3S. The van der Waals surface area contributed by atoms with E-state index in [1.54, 1.807) is 30.3 Å². The Morgan fingerprint density at radius 2 is 1.65 bits per heavy atom. The molecule has 2 aromatic carbocycles. The average molecular weight is 348 g/mol. The zero-order valence-corrected chi connectivity index (χ0v) is 13.7. The monoisotopic (exact) mass is 347 g/mol. The number of benzene rings is 2. The number of hydrogen-bond acceptors (Lipinski definition) is 4. The van der Waals surface area contributed by atoms with Crippen LogP contribution in [0.2, 0.25) is 5.02 Å². The minimum Gasteiger partial charge on any atom is -0.356 e. The van der Waals surface area contributed by atoms with Gasteiger partial charge in [-0.3, -0.25) is 0 Å². The molecule has 0 amide bonds. The maximum Gasteiger partial charge on any atom is 0.167 e. The van der Waals surface area contributed by atoms with Crippen molar-refractivity contribution in [2.24, 2.45) is 0 Å². The van der Waals surface area contributed by atoms with Gasteiger partial charge in [-0.25, -0.2) is 8.42 Å². The molecule has 1 aromatic heterocycles. The normalized spacial score (nSPS) is 11.5. The van der Waals surface area contributed by atoms with Crippen molar-refractivity contribution in [1.82, 2.24) is 5.16 Å². The Bertz CT molecular complexity index is 904. The van der Waals surface area contributed by atoms with Crippen molar-refractivity contribution in [2.45, 2.75) is 11.5 Å². The fraction of sp³-hybridized carbons (Fsp3) is 0.118. The second-order valence-corrected chi connectivity index (χ2v) is 7.64. The molecule has 0 atom stereocenters. The van der Waals surface area contributed by atoms with Crippen LogP contribution < -0.4 is 0 Å². The van der Waals surface area contributed by atoms with E-state index < -0.39 is 9.84 Å². The van der Waals surface area contributed by atoms with E-state index >= 15 is 0 Å². The molecule has 23 heavy (non-hydrogen) atoms. The lowest BCUT2D eigenvalue weighted by molar-refractivity contribution is 0.425. The lowest BCUT2D eigenvalue weighted by Gasteiger charge is -2.04. The molecule has 0 saturated heterocycles. The van der Waals surface area contributed by atoms with E-state index in [0.29, 0.717) is 22.0 Å². The van der Waals surface area contributed by atoms with Crippen molar-refractivity contribution in [2.75, 3.05) is 0 Å². The van der Waals surface area contributed by atoms with E-state index in [1.807, 2.05) is 30.3 Å². The van der Waals surface area contributed by atoms with E-state index in [4.69, 9.17) is 16.1 Å². The van der Waals surface area contributed by atoms with E-state index in [-0.39, 0.29) is 11.5 Å². The van der Waals surface area contributed by atoms with E-state index in [1.165, 1.54) is 0 Å². The third-order valence-corrected chi connectivity index (χ3v) is 5.17. The summed E-state index contributed by atoms with van der Waals surface area (Å²) in [5, 5.41) is 4.30. The maximum absolute atomic E-state index is 12.3. The van der Waals surface area contributed by atoms with Crippen LogP contribution in [-0.2, 0) is 21.3 Å². The molecule has 0 radical (unpaired) electrons. The second kappa shape index (κ2) is 6.56. The third-order valence-electron chi connectivity index (χ3n) is 3.32. The Morgan fingerprint density at radius 3 is 2.39 bits per heavy atom. The number of hydrogen-bond donors (Lipinski definition) is 0. The van der Waals surface area contributed by atoms with Crippen molar-refractivity contribution >= 4 is 21.4 Å². The first-order valence-electron chi connectivity index (χ1n) is 6.98. The number of nitrogens with zero attached hydrogens (tertiary/aromatic N) is 1. The fourth-order valence-electron chi connectivity index (χ4n) is 2.25. The smallest absolute Gasteiger partial charge is 0.167 e. The molecule has 0 unspecified atom stereocenters. The average Bonchev–Trinajstić information content (AvgIpc) is 2.98. The van der Waals surface area contributed by atoms with E-state index in [9.17, 15) is 8.42 Å². The quantitative estimate of drug-likeness (QED) is 0.696. The number of rotatable bonds is 5. The molecule has 0 spiro atoms. The summed E-state index contributed by atoms with van der Waals surface area (Å²) < 4.78 is 29.9. The minimum atomic E-state index is -3.39. The summed E-state index contributed by atoms with van der Waals surface area (Å²) >= 11 is 6.02. The summed E-state index contributed by atoms with van der Waals surface area (Å²) in [5.74, 6) is 0.239. The van der Waals surface area contributed by atoms with E-state index in [0.717, 1.165) is 5.56 Å². The largest absolute Gasteiger partial charge is 0.356 e. The van der Waals surface area contributed by atoms with E-state index in [2.05, 4.69) is 5.16 Å². The van der Waals surface area contributed by atoms with Crippen molar-refractivity contribution < 1.29 is 12.9 Å². The highest BCUT2D eigenvalue weighted by Crippen LogP contribution is 2.23. The summed E-state index contributed by atoms with van der Waals surface area (Å²) in [6, 6.07) is 18.0. The molecule has 118 valence electrons. The molecule has 1 heterocycles. The van der Waals surface area contributed by atoms with Gasteiger partial charge in [0.1, 0.15) is 0 Å². The molecule has 0 saturated carbocycles. The van der Waals surface area contributed by atoms with Crippen LogP contribution >= 0.6 is 11.6 Å². The molecule has 6 heteroatoms. The van der Waals surface area contributed by atoms with Gasteiger partial charge >= 0.3 is 0 Å². The van der Waals surface area contributed by atoms with Gasteiger partial charge in [0.05, 0.1) is 17.2 Å². The van der Waals surface area contributed by atoms with Crippen LogP contribution in [0.3, 0.4) is 0 Å². The predicted molar refractivity (Wildman–Crippen MR) is 89.7 cm³/mol. The van der Waals surface area contributed by atoms with Crippen LogP contribution in [0.25, 0.3) is 11.3 Å². The van der Waals surface area contributed by atoms with Gasteiger partial charge in [0.2, 0.25) is 0 Å². The minimum absolute atomic E-state index is 0.125. The van der Waals surface area contributed by atoms with Crippen LogP contribution in [0.5, 0.6) is 0 Å². The zero-order valence-electron chi connectivity index (χ0n) is 12.1. The maximum atomic E-state index is 12.3. The van der Waals surface area contributed by atoms with Crippen LogP contribution in [0.1, 0.15) is 11.3 Å². The predicted octanol–water partition coefficient (Wildman–Crippen LogP) is 4.11. The number of sulfone groups is 1. The van der Waals surface area contributed by atoms with Gasteiger partial charge in [-0.05, 0) is 11.6 Å². The Kier molecular flexibility index (Phi) is 4.50. The van der Waals surface area contributed by atoms with Crippen molar-refractivity contribution in [3.8, 4) is 11.3 Å². The molecule has 3 aromatic rings. The molecule has 0 aliphatic heterocycles. The SMILES string of the molecule is O=S(=O)(Cc1cc(-c2ccccc2)on1)Cc1ccccc1Cl. The first kappa shape index (κ1) is 15.8. The van der Waals surface area contributed by atoms with Gasteiger partial charge in [0, 0.05) is 16.7 Å². The molecule has 0 aliphatic carbocycles. The van der Waals surface area contributed by atoms with Gasteiger partial charge in [-0.1, -0.05) is 65.3 Å². The number of aromatic nitrogens is 1. The third kappa shape index (κ3) is 4.00. The van der Waals surface area contributed by atoms with Crippen LogP contribution in [0.15, 0.2) is 65.2 Å². The van der Waals surface area contributed by atoms with Crippen LogP contribution in [-0.4, -0.2) is 13.6 Å². The molecule has 0 fully saturated rings. The first-order valence-corrected chi connectivity index (χ1v) is 9.18. The summed E-state index contributed by atoms with van der Waals surface area (Å²) in [4.78, 5) is 0. The number of halogens is 1. The highest BCUT2D eigenvalue weighted by atomic mass is 35.5. The summed E-state index contributed by atoms with van der Waals surface area (Å²) in [7, 11) is -3.39. The van der Waals surface area contributed by atoms with Crippen molar-refractivity contribution in [1.29, 1.82) is 0 Å². The lowest BCUT2D eigenvalue weighted by atomic mass is 10.2. The Morgan fingerprint density at radius 1 is 0.957 bits per heavy atom. The van der Waals surface area contributed by atoms with Gasteiger partial charge in [-0.15, -0.1) is 0 Å². The first-order chi connectivity index (χ1) is 11.0. The van der Waals surface area contributed by atoms with Crippen molar-refractivity contribution in [3.05, 3.63) is 76.9 Å². The molecule has 0 N–H and O–H groups in total. The topological polar surface area (TPSA) is 60.2 Å². The van der Waals surface area contributed by atoms with Gasteiger partial charge in [-0.2, -0.15) is 0 Å². The van der Waals surface area contributed by atoms with Gasteiger partial charge in [0.15, 0.2) is 15.6 Å². The molecule has 0 bridgehead atoms. The Hall–Kier alpha value is -2.11. The highest BCUT2D eigenvalue weighted by Gasteiger charge is 2.18. The Labute approximate surface area is 139 Å². The highest BCUT2D eigenvalue weighted by molar-refractivity contribution is 7.89. The summed E-state index contributed by atoms with van der Waals surface area (Å²) in [6.45, 7) is 0. The van der Waals surface area contributed by atoms with Crippen molar-refractivity contribution in [3.63, 3.8) is 0 Å². The molecular weight excluding hydrogens is 334 g/mol. The standard InChI is InChI=1S/C17H14ClNO3S/c18-16-9-5-4-8-14(16)11-23(20,21)12-15-10-17(22-19-15)13-6-2-1-3-7-13/h1-10H,11-12H2.